The normalized spacial score (nSPS) is 15.5. The third-order valence-electron chi connectivity index (χ3n) is 4.42. The zero-order valence-electron chi connectivity index (χ0n) is 15.5. The number of ether oxygens (including phenoxy) is 2. The van der Waals surface area contributed by atoms with Crippen LogP contribution in [0.2, 0.25) is 0 Å². The highest BCUT2D eigenvalue weighted by Crippen LogP contribution is 2.33. The van der Waals surface area contributed by atoms with E-state index in [1.807, 2.05) is 55.5 Å². The molecule has 0 aromatic heterocycles. The van der Waals surface area contributed by atoms with E-state index < -0.39 is 0 Å². The molecule has 3 rings (SSSR count). The Hall–Kier alpha value is -2.31. The third kappa shape index (κ3) is 4.34. The van der Waals surface area contributed by atoms with Gasteiger partial charge in [-0.25, -0.2) is 0 Å². The summed E-state index contributed by atoms with van der Waals surface area (Å²) in [7, 11) is 3.22. The molecule has 0 atom stereocenters. The maximum atomic E-state index is 12.8. The monoisotopic (exact) mass is 399 g/mol. The van der Waals surface area contributed by atoms with Gasteiger partial charge in [-0.2, -0.15) is 0 Å². The number of benzene rings is 2. The molecule has 1 heterocycles. The molecule has 0 unspecified atom stereocenters. The van der Waals surface area contributed by atoms with Crippen molar-refractivity contribution in [3.63, 3.8) is 0 Å². The molecule has 6 heteroatoms. The van der Waals surface area contributed by atoms with Crippen molar-refractivity contribution in [2.24, 2.45) is 0 Å². The molecule has 1 aliphatic rings. The lowest BCUT2D eigenvalue weighted by atomic mass is 10.1. The van der Waals surface area contributed by atoms with Crippen LogP contribution in [0, 0.1) is 6.92 Å². The summed E-state index contributed by atoms with van der Waals surface area (Å²) in [4.78, 5) is 15.1. The summed E-state index contributed by atoms with van der Waals surface area (Å²) >= 11 is 6.79. The van der Waals surface area contributed by atoms with Crippen LogP contribution in [0.5, 0.6) is 11.5 Å². The molecule has 27 heavy (non-hydrogen) atoms. The van der Waals surface area contributed by atoms with Crippen LogP contribution in [0.25, 0.3) is 6.08 Å². The van der Waals surface area contributed by atoms with Crippen molar-refractivity contribution in [2.75, 3.05) is 20.8 Å². The van der Waals surface area contributed by atoms with Crippen molar-refractivity contribution in [3.05, 3.63) is 64.1 Å². The summed E-state index contributed by atoms with van der Waals surface area (Å²) in [5.41, 5.74) is 3.23. The number of carbonyl (C=O) groups excluding carboxylic acids is 1. The number of carbonyl (C=O) groups is 1. The van der Waals surface area contributed by atoms with E-state index in [1.165, 1.54) is 11.8 Å². The fraction of sp³-hybridized carbons (Fsp3) is 0.238. The number of amides is 1. The molecule has 1 fully saturated rings. The largest absolute Gasteiger partial charge is 0.493 e. The van der Waals surface area contributed by atoms with Crippen LogP contribution in [-0.4, -0.2) is 35.9 Å². The smallest absolute Gasteiger partial charge is 0.266 e. The lowest BCUT2D eigenvalue weighted by Crippen LogP contribution is -2.30. The Morgan fingerprint density at radius 2 is 1.85 bits per heavy atom. The Morgan fingerprint density at radius 3 is 2.56 bits per heavy atom. The lowest BCUT2D eigenvalue weighted by molar-refractivity contribution is -0.122. The van der Waals surface area contributed by atoms with Gasteiger partial charge in [-0.1, -0.05) is 54.3 Å². The topological polar surface area (TPSA) is 38.8 Å². The van der Waals surface area contributed by atoms with E-state index in [-0.39, 0.29) is 5.91 Å². The second-order valence-corrected chi connectivity index (χ2v) is 7.81. The van der Waals surface area contributed by atoms with Gasteiger partial charge in [0.1, 0.15) is 4.32 Å². The van der Waals surface area contributed by atoms with Crippen LogP contribution in [0.4, 0.5) is 0 Å². The standard InChI is InChI=1S/C21H21NO3S2/c1-14-6-4-5-7-16(14)13-19-20(23)22(21(26)27-19)11-10-15-8-9-17(24-2)18(12-15)25-3/h4-9,12-13H,10-11H2,1-3H3. The van der Waals surface area contributed by atoms with E-state index in [0.717, 1.165) is 16.7 Å². The zero-order valence-corrected chi connectivity index (χ0v) is 17.2. The maximum absolute atomic E-state index is 12.8. The molecule has 1 amide bonds. The van der Waals surface area contributed by atoms with E-state index in [0.29, 0.717) is 33.7 Å². The molecule has 0 bridgehead atoms. The molecule has 4 nitrogen and oxygen atoms in total. The van der Waals surface area contributed by atoms with Crippen molar-refractivity contribution in [1.82, 2.24) is 4.90 Å². The molecule has 0 N–H and O–H groups in total. The minimum absolute atomic E-state index is 0.0336. The van der Waals surface area contributed by atoms with Crippen molar-refractivity contribution in [2.45, 2.75) is 13.3 Å². The Balaban J connectivity index is 1.72. The van der Waals surface area contributed by atoms with E-state index in [4.69, 9.17) is 21.7 Å². The third-order valence-corrected chi connectivity index (χ3v) is 5.80. The Kier molecular flexibility index (Phi) is 6.19. The molecule has 140 valence electrons. The summed E-state index contributed by atoms with van der Waals surface area (Å²) in [6, 6.07) is 13.8. The zero-order chi connectivity index (χ0) is 19.4. The van der Waals surface area contributed by atoms with Gasteiger partial charge >= 0.3 is 0 Å². The summed E-state index contributed by atoms with van der Waals surface area (Å²) in [5, 5.41) is 0. The van der Waals surface area contributed by atoms with Crippen molar-refractivity contribution in [3.8, 4) is 11.5 Å². The lowest BCUT2D eigenvalue weighted by Gasteiger charge is -2.15. The quantitative estimate of drug-likeness (QED) is 0.530. The SMILES string of the molecule is COc1ccc(CCN2C(=O)C(=Cc3ccccc3C)SC2=S)cc1OC. The Morgan fingerprint density at radius 1 is 1.11 bits per heavy atom. The fourth-order valence-electron chi connectivity index (χ4n) is 2.86. The van der Waals surface area contributed by atoms with Gasteiger partial charge in [0, 0.05) is 6.54 Å². The first kappa shape index (κ1) is 19.5. The van der Waals surface area contributed by atoms with Crippen LogP contribution in [0.15, 0.2) is 47.4 Å². The van der Waals surface area contributed by atoms with E-state index in [1.54, 1.807) is 19.1 Å². The number of aryl methyl sites for hydroxylation is 1. The van der Waals surface area contributed by atoms with Gasteiger partial charge in [0.05, 0.1) is 19.1 Å². The van der Waals surface area contributed by atoms with Crippen LogP contribution < -0.4 is 9.47 Å². The molecule has 1 saturated heterocycles. The second kappa shape index (κ2) is 8.59. The van der Waals surface area contributed by atoms with Crippen LogP contribution in [0.1, 0.15) is 16.7 Å². The number of methoxy groups -OCH3 is 2. The van der Waals surface area contributed by atoms with E-state index in [9.17, 15) is 4.79 Å². The first-order valence-electron chi connectivity index (χ1n) is 8.55. The second-order valence-electron chi connectivity index (χ2n) is 6.13. The number of thioether (sulfide) groups is 1. The first-order chi connectivity index (χ1) is 13.0. The predicted octanol–water partition coefficient (Wildman–Crippen LogP) is 4.46. The van der Waals surface area contributed by atoms with Gasteiger partial charge in [-0.05, 0) is 48.2 Å². The van der Waals surface area contributed by atoms with Gasteiger partial charge in [-0.15, -0.1) is 0 Å². The maximum Gasteiger partial charge on any atom is 0.266 e. The van der Waals surface area contributed by atoms with Crippen LogP contribution in [-0.2, 0) is 11.2 Å². The Bertz CT molecular complexity index is 908. The number of rotatable bonds is 6. The summed E-state index contributed by atoms with van der Waals surface area (Å²) in [6.45, 7) is 2.56. The highest BCUT2D eigenvalue weighted by Gasteiger charge is 2.31. The molecule has 2 aromatic carbocycles. The fourth-order valence-corrected chi connectivity index (χ4v) is 4.16. The average molecular weight is 400 g/mol. The number of nitrogens with zero attached hydrogens (tertiary/aromatic N) is 1. The van der Waals surface area contributed by atoms with Crippen molar-refractivity contribution >= 4 is 40.3 Å². The van der Waals surface area contributed by atoms with Gasteiger partial charge in [0.15, 0.2) is 11.5 Å². The average Bonchev–Trinajstić information content (AvgIpc) is 2.94. The van der Waals surface area contributed by atoms with Gasteiger partial charge < -0.3 is 9.47 Å². The molecule has 0 radical (unpaired) electrons. The number of hydrogen-bond acceptors (Lipinski definition) is 5. The predicted molar refractivity (Wildman–Crippen MR) is 114 cm³/mol. The molecule has 2 aromatic rings. The highest BCUT2D eigenvalue weighted by molar-refractivity contribution is 8.26. The van der Waals surface area contributed by atoms with E-state index in [2.05, 4.69) is 0 Å². The summed E-state index contributed by atoms with van der Waals surface area (Å²) < 4.78 is 11.2. The minimum atomic E-state index is -0.0336. The first-order valence-corrected chi connectivity index (χ1v) is 9.78. The van der Waals surface area contributed by atoms with Crippen LogP contribution in [0.3, 0.4) is 0 Å². The van der Waals surface area contributed by atoms with E-state index >= 15 is 0 Å². The molecule has 0 spiro atoms. The summed E-state index contributed by atoms with van der Waals surface area (Å²) in [5.74, 6) is 1.33. The number of thiocarbonyl (C=S) groups is 1. The highest BCUT2D eigenvalue weighted by atomic mass is 32.2. The van der Waals surface area contributed by atoms with Gasteiger partial charge in [0.2, 0.25) is 0 Å². The molecule has 0 saturated carbocycles. The number of hydrogen-bond donors (Lipinski definition) is 0. The molecular formula is C21H21NO3S2. The minimum Gasteiger partial charge on any atom is -0.493 e. The molecule has 1 aliphatic heterocycles. The van der Waals surface area contributed by atoms with Gasteiger partial charge in [0.25, 0.3) is 5.91 Å². The van der Waals surface area contributed by atoms with Crippen molar-refractivity contribution < 1.29 is 14.3 Å². The molecule has 0 aliphatic carbocycles. The molecular weight excluding hydrogens is 378 g/mol. The Labute approximate surface area is 169 Å². The van der Waals surface area contributed by atoms with Crippen molar-refractivity contribution in [1.29, 1.82) is 0 Å². The summed E-state index contributed by atoms with van der Waals surface area (Å²) in [6.07, 6.45) is 2.61. The van der Waals surface area contributed by atoms with Gasteiger partial charge in [-0.3, -0.25) is 9.69 Å². The van der Waals surface area contributed by atoms with Crippen LogP contribution >= 0.6 is 24.0 Å².